The van der Waals surface area contributed by atoms with Gasteiger partial charge in [-0.05, 0) is 6.92 Å². The minimum absolute atomic E-state index is 0.0431. The van der Waals surface area contributed by atoms with Gasteiger partial charge in [-0.3, -0.25) is 4.79 Å². The summed E-state index contributed by atoms with van der Waals surface area (Å²) in [6.07, 6.45) is -0.556. The highest BCUT2D eigenvalue weighted by atomic mass is 16.6. The first-order chi connectivity index (χ1) is 6.02. The molecule has 0 spiro atoms. The van der Waals surface area contributed by atoms with E-state index in [9.17, 15) is 9.70 Å². The molecule has 0 aliphatic heterocycles. The van der Waals surface area contributed by atoms with Crippen LogP contribution in [0, 0.1) is 10.8 Å². The zero-order chi connectivity index (χ0) is 10.4. The van der Waals surface area contributed by atoms with E-state index in [0.29, 0.717) is 6.54 Å². The predicted molar refractivity (Wildman–Crippen MR) is 48.6 cm³/mol. The summed E-state index contributed by atoms with van der Waals surface area (Å²) >= 11 is 0. The van der Waals surface area contributed by atoms with E-state index in [1.54, 1.807) is 6.92 Å². The van der Waals surface area contributed by atoms with E-state index in [1.165, 1.54) is 11.9 Å². The largest absolute Gasteiger partial charge is 0.440 e. The first kappa shape index (κ1) is 11.9. The maximum absolute atomic E-state index is 10.7. The standard InChI is InChI=1S/C8H16N2O3/c1-5-10(9-12)8(6(2)3)13-7(4)11/h6,8H,5H2,1-4H3. The average molecular weight is 188 g/mol. The Morgan fingerprint density at radius 2 is 2.08 bits per heavy atom. The summed E-state index contributed by atoms with van der Waals surface area (Å²) in [5.74, 6) is -0.359. The Bertz CT molecular complexity index is 182. The van der Waals surface area contributed by atoms with E-state index < -0.39 is 12.2 Å². The maximum atomic E-state index is 10.7. The Balaban J connectivity index is 4.38. The van der Waals surface area contributed by atoms with Gasteiger partial charge in [0, 0.05) is 19.4 Å². The summed E-state index contributed by atoms with van der Waals surface area (Å²) < 4.78 is 4.95. The highest BCUT2D eigenvalue weighted by Gasteiger charge is 2.23. The van der Waals surface area contributed by atoms with Crippen molar-refractivity contribution in [1.29, 1.82) is 0 Å². The molecule has 1 unspecified atom stereocenters. The third kappa shape index (κ3) is 3.87. The lowest BCUT2D eigenvalue weighted by Crippen LogP contribution is -2.38. The topological polar surface area (TPSA) is 59.0 Å². The lowest BCUT2D eigenvalue weighted by molar-refractivity contribution is -0.161. The molecular formula is C8H16N2O3. The number of esters is 1. The molecule has 0 amide bonds. The number of rotatable bonds is 5. The molecule has 0 aliphatic rings. The van der Waals surface area contributed by atoms with E-state index in [2.05, 4.69) is 5.29 Å². The van der Waals surface area contributed by atoms with Crippen molar-refractivity contribution in [3.63, 3.8) is 0 Å². The van der Waals surface area contributed by atoms with Gasteiger partial charge in [0.1, 0.15) is 0 Å². The molecule has 0 aromatic rings. The van der Waals surface area contributed by atoms with Crippen LogP contribution >= 0.6 is 0 Å². The number of carbonyl (C=O) groups is 1. The third-order valence-corrected chi connectivity index (χ3v) is 1.58. The van der Waals surface area contributed by atoms with Gasteiger partial charge in [-0.2, -0.15) is 0 Å². The van der Waals surface area contributed by atoms with Crippen LogP contribution in [0.4, 0.5) is 0 Å². The highest BCUT2D eigenvalue weighted by molar-refractivity contribution is 5.66. The van der Waals surface area contributed by atoms with Crippen LogP contribution in [0.2, 0.25) is 0 Å². The second kappa shape index (κ2) is 5.50. The second-order valence-corrected chi connectivity index (χ2v) is 3.08. The number of hydrogen-bond acceptors (Lipinski definition) is 4. The first-order valence-electron chi connectivity index (χ1n) is 4.30. The first-order valence-corrected chi connectivity index (χ1v) is 4.30. The van der Waals surface area contributed by atoms with E-state index in [1.807, 2.05) is 13.8 Å². The molecule has 0 saturated carbocycles. The Morgan fingerprint density at radius 3 is 2.31 bits per heavy atom. The van der Waals surface area contributed by atoms with Crippen LogP contribution < -0.4 is 0 Å². The van der Waals surface area contributed by atoms with Gasteiger partial charge < -0.3 is 4.74 Å². The Morgan fingerprint density at radius 1 is 1.54 bits per heavy atom. The van der Waals surface area contributed by atoms with Crippen molar-refractivity contribution in [2.24, 2.45) is 11.2 Å². The summed E-state index contributed by atoms with van der Waals surface area (Å²) in [6.45, 7) is 7.25. The van der Waals surface area contributed by atoms with Crippen LogP contribution in [0.25, 0.3) is 0 Å². The Kier molecular flexibility index (Phi) is 5.03. The number of nitrogens with zero attached hydrogens (tertiary/aromatic N) is 2. The fourth-order valence-electron chi connectivity index (χ4n) is 0.995. The van der Waals surface area contributed by atoms with Gasteiger partial charge in [-0.1, -0.05) is 13.8 Å². The van der Waals surface area contributed by atoms with E-state index in [-0.39, 0.29) is 5.92 Å². The zero-order valence-corrected chi connectivity index (χ0v) is 8.48. The average Bonchev–Trinajstić information content (AvgIpc) is 2.04. The minimum Gasteiger partial charge on any atom is -0.440 e. The van der Waals surface area contributed by atoms with Crippen molar-refractivity contribution in [3.05, 3.63) is 4.91 Å². The zero-order valence-electron chi connectivity index (χ0n) is 8.48. The Labute approximate surface area is 78.0 Å². The summed E-state index contributed by atoms with van der Waals surface area (Å²) in [5.41, 5.74) is 0. The van der Waals surface area contributed by atoms with E-state index in [4.69, 9.17) is 4.74 Å². The lowest BCUT2D eigenvalue weighted by atomic mass is 10.2. The molecule has 1 atom stereocenters. The SMILES string of the molecule is CCN(N=O)C(OC(C)=O)C(C)C. The van der Waals surface area contributed by atoms with Gasteiger partial charge >= 0.3 is 5.97 Å². The molecule has 0 saturated heterocycles. The molecule has 0 aromatic carbocycles. The van der Waals surface area contributed by atoms with Crippen LogP contribution in [-0.2, 0) is 9.53 Å². The maximum Gasteiger partial charge on any atom is 0.304 e. The molecule has 5 nitrogen and oxygen atoms in total. The summed E-state index contributed by atoms with van der Waals surface area (Å²) in [7, 11) is 0. The molecule has 76 valence electrons. The van der Waals surface area contributed by atoms with E-state index in [0.717, 1.165) is 0 Å². The van der Waals surface area contributed by atoms with Crippen LogP contribution in [-0.4, -0.2) is 23.8 Å². The van der Waals surface area contributed by atoms with Crippen LogP contribution in [0.5, 0.6) is 0 Å². The smallest absolute Gasteiger partial charge is 0.304 e. The van der Waals surface area contributed by atoms with Crippen LogP contribution in [0.15, 0.2) is 5.29 Å². The van der Waals surface area contributed by atoms with Gasteiger partial charge in [0.05, 0.1) is 5.29 Å². The predicted octanol–water partition coefficient (Wildman–Crippen LogP) is 1.53. The normalized spacial score (nSPS) is 12.4. The molecular weight excluding hydrogens is 172 g/mol. The molecule has 0 rings (SSSR count). The summed E-state index contributed by atoms with van der Waals surface area (Å²) in [5, 5.41) is 4.00. The third-order valence-electron chi connectivity index (χ3n) is 1.58. The molecule has 0 radical (unpaired) electrons. The van der Waals surface area contributed by atoms with Crippen molar-refractivity contribution >= 4 is 5.97 Å². The number of nitroso groups, excluding NO2 is 1. The van der Waals surface area contributed by atoms with Gasteiger partial charge in [0.25, 0.3) is 0 Å². The van der Waals surface area contributed by atoms with Crippen molar-refractivity contribution < 1.29 is 9.53 Å². The second-order valence-electron chi connectivity index (χ2n) is 3.08. The van der Waals surface area contributed by atoms with Crippen LogP contribution in [0.1, 0.15) is 27.7 Å². The molecule has 0 aromatic heterocycles. The molecule has 0 fully saturated rings. The molecule has 0 bridgehead atoms. The monoisotopic (exact) mass is 188 g/mol. The number of hydrogen-bond donors (Lipinski definition) is 0. The fourth-order valence-corrected chi connectivity index (χ4v) is 0.995. The fraction of sp³-hybridized carbons (Fsp3) is 0.875. The van der Waals surface area contributed by atoms with Crippen LogP contribution in [0.3, 0.4) is 0 Å². The molecule has 5 heteroatoms. The van der Waals surface area contributed by atoms with Crippen molar-refractivity contribution in [2.45, 2.75) is 33.9 Å². The van der Waals surface area contributed by atoms with Gasteiger partial charge in [-0.25, -0.2) is 5.01 Å². The number of carbonyl (C=O) groups excluding carboxylic acids is 1. The highest BCUT2D eigenvalue weighted by Crippen LogP contribution is 2.12. The summed E-state index contributed by atoms with van der Waals surface area (Å²) in [6, 6.07) is 0. The van der Waals surface area contributed by atoms with Gasteiger partial charge in [0.15, 0.2) is 6.23 Å². The number of ether oxygens (including phenoxy) is 1. The quantitative estimate of drug-likeness (QED) is 0.284. The van der Waals surface area contributed by atoms with Gasteiger partial charge in [0.2, 0.25) is 0 Å². The summed E-state index contributed by atoms with van der Waals surface area (Å²) in [4.78, 5) is 21.1. The van der Waals surface area contributed by atoms with Crippen molar-refractivity contribution in [1.82, 2.24) is 5.01 Å². The minimum atomic E-state index is -0.556. The molecule has 0 heterocycles. The van der Waals surface area contributed by atoms with Crippen molar-refractivity contribution in [3.8, 4) is 0 Å². The van der Waals surface area contributed by atoms with Crippen molar-refractivity contribution in [2.75, 3.05) is 6.54 Å². The Hall–Kier alpha value is -1.13. The lowest BCUT2D eigenvalue weighted by Gasteiger charge is -2.27. The van der Waals surface area contributed by atoms with E-state index >= 15 is 0 Å². The van der Waals surface area contributed by atoms with Gasteiger partial charge in [-0.15, -0.1) is 4.91 Å². The molecule has 13 heavy (non-hydrogen) atoms. The molecule has 0 N–H and O–H groups in total. The molecule has 0 aliphatic carbocycles.